The van der Waals surface area contributed by atoms with E-state index in [2.05, 4.69) is 4.98 Å². The molecule has 1 atom stereocenters. The molecule has 0 saturated carbocycles. The monoisotopic (exact) mass is 400 g/mol. The van der Waals surface area contributed by atoms with E-state index in [0.717, 1.165) is 60.5 Å². The first-order chi connectivity index (χ1) is 14.7. The van der Waals surface area contributed by atoms with E-state index >= 15 is 0 Å². The zero-order chi connectivity index (χ0) is 20.5. The maximum Gasteiger partial charge on any atom is 0.247 e. The highest BCUT2D eigenvalue weighted by molar-refractivity contribution is 5.95. The van der Waals surface area contributed by atoms with Crippen molar-refractivity contribution in [3.63, 3.8) is 0 Å². The van der Waals surface area contributed by atoms with Crippen LogP contribution in [0, 0.1) is 0 Å². The Hall–Kier alpha value is -3.41. The van der Waals surface area contributed by atoms with Gasteiger partial charge in [-0.2, -0.15) is 0 Å². The van der Waals surface area contributed by atoms with Gasteiger partial charge in [0, 0.05) is 31.3 Å². The Morgan fingerprint density at radius 1 is 1.07 bits per heavy atom. The van der Waals surface area contributed by atoms with Crippen molar-refractivity contribution in [2.75, 3.05) is 18.0 Å². The largest absolute Gasteiger partial charge is 0.340 e. The fourth-order valence-electron chi connectivity index (χ4n) is 4.39. The van der Waals surface area contributed by atoms with E-state index in [4.69, 9.17) is 4.98 Å². The maximum absolute atomic E-state index is 12.9. The van der Waals surface area contributed by atoms with Crippen LogP contribution in [0.3, 0.4) is 0 Å². The van der Waals surface area contributed by atoms with Crippen LogP contribution >= 0.6 is 0 Å². The molecule has 0 spiro atoms. The Bertz CT molecular complexity index is 1080. The molecule has 3 aromatic rings. The molecule has 0 unspecified atom stereocenters. The van der Waals surface area contributed by atoms with E-state index in [-0.39, 0.29) is 17.9 Å². The predicted octanol–water partition coefficient (Wildman–Crippen LogP) is 4.07. The summed E-state index contributed by atoms with van der Waals surface area (Å²) in [6.45, 7) is 1.52. The van der Waals surface area contributed by atoms with Gasteiger partial charge in [0.05, 0.1) is 17.1 Å². The number of hydrogen-bond acceptors (Lipinski definition) is 3. The lowest BCUT2D eigenvalue weighted by molar-refractivity contribution is -0.127. The number of nitrogens with one attached hydrogen (secondary N) is 1. The van der Waals surface area contributed by atoms with Crippen molar-refractivity contribution < 1.29 is 9.59 Å². The Balaban J connectivity index is 1.29. The van der Waals surface area contributed by atoms with Crippen molar-refractivity contribution >= 4 is 34.6 Å². The second kappa shape index (κ2) is 7.78. The van der Waals surface area contributed by atoms with Crippen molar-refractivity contribution in [1.29, 1.82) is 0 Å². The lowest BCUT2D eigenvalue weighted by Crippen LogP contribution is -2.29. The number of aromatic nitrogens is 2. The van der Waals surface area contributed by atoms with Gasteiger partial charge in [0.2, 0.25) is 11.8 Å². The van der Waals surface area contributed by atoms with E-state index in [0.29, 0.717) is 6.42 Å². The highest BCUT2D eigenvalue weighted by atomic mass is 16.2. The third-order valence-electron chi connectivity index (χ3n) is 5.96. The third-order valence-corrected chi connectivity index (χ3v) is 5.96. The summed E-state index contributed by atoms with van der Waals surface area (Å²) >= 11 is 0. The average molecular weight is 400 g/mol. The van der Waals surface area contributed by atoms with Gasteiger partial charge in [0.1, 0.15) is 5.82 Å². The summed E-state index contributed by atoms with van der Waals surface area (Å²) in [6, 6.07) is 15.7. The zero-order valence-corrected chi connectivity index (χ0v) is 16.8. The number of imidazole rings is 1. The van der Waals surface area contributed by atoms with Gasteiger partial charge in [-0.15, -0.1) is 0 Å². The predicted molar refractivity (Wildman–Crippen MR) is 117 cm³/mol. The lowest BCUT2D eigenvalue weighted by atomic mass is 10.1. The molecule has 1 N–H and O–H groups in total. The molecule has 5 rings (SSSR count). The van der Waals surface area contributed by atoms with Gasteiger partial charge < -0.3 is 14.8 Å². The molecule has 3 heterocycles. The van der Waals surface area contributed by atoms with Crippen LogP contribution in [0.2, 0.25) is 0 Å². The van der Waals surface area contributed by atoms with Crippen LogP contribution in [0.25, 0.3) is 17.1 Å². The first-order valence-corrected chi connectivity index (χ1v) is 10.5. The summed E-state index contributed by atoms with van der Waals surface area (Å²) < 4.78 is 0. The lowest BCUT2D eigenvalue weighted by Gasteiger charge is -2.21. The molecule has 6 heteroatoms. The van der Waals surface area contributed by atoms with Crippen LogP contribution in [0.15, 0.2) is 54.6 Å². The minimum absolute atomic E-state index is 0.00301. The van der Waals surface area contributed by atoms with Crippen molar-refractivity contribution in [3.8, 4) is 0 Å². The van der Waals surface area contributed by atoms with Crippen LogP contribution in [0.4, 0.5) is 5.69 Å². The molecule has 2 aliphatic heterocycles. The highest BCUT2D eigenvalue weighted by Crippen LogP contribution is 2.31. The summed E-state index contributed by atoms with van der Waals surface area (Å²) in [6.07, 6.45) is 6.90. The quantitative estimate of drug-likeness (QED) is 0.672. The fraction of sp³-hybridized carbons (Fsp3) is 0.292. The summed E-state index contributed by atoms with van der Waals surface area (Å²) in [5, 5.41) is 0. The molecule has 0 aliphatic carbocycles. The Kier molecular flexibility index (Phi) is 4.83. The molecule has 2 aliphatic rings. The average Bonchev–Trinajstić information content (AvgIpc) is 3.51. The number of carbonyl (C=O) groups is 2. The first kappa shape index (κ1) is 18.6. The van der Waals surface area contributed by atoms with Crippen molar-refractivity contribution in [2.24, 2.45) is 0 Å². The minimum atomic E-state index is -0.0156. The highest BCUT2D eigenvalue weighted by Gasteiger charge is 2.31. The molecule has 1 aromatic heterocycles. The number of likely N-dealkylation sites (tertiary alicyclic amines) is 1. The smallest absolute Gasteiger partial charge is 0.247 e. The third kappa shape index (κ3) is 3.49. The van der Waals surface area contributed by atoms with Gasteiger partial charge >= 0.3 is 0 Å². The van der Waals surface area contributed by atoms with Crippen molar-refractivity contribution in [2.45, 2.75) is 31.7 Å². The number of fused-ring (bicyclic) bond motifs is 1. The Labute approximate surface area is 175 Å². The van der Waals surface area contributed by atoms with Crippen LogP contribution in [0.1, 0.15) is 43.1 Å². The van der Waals surface area contributed by atoms with Crippen molar-refractivity contribution in [1.82, 2.24) is 14.9 Å². The zero-order valence-electron chi connectivity index (χ0n) is 16.8. The number of aromatic amines is 1. The second-order valence-corrected chi connectivity index (χ2v) is 7.90. The van der Waals surface area contributed by atoms with E-state index in [1.54, 1.807) is 6.08 Å². The molecule has 0 radical (unpaired) electrons. The summed E-state index contributed by atoms with van der Waals surface area (Å²) in [4.78, 5) is 36.5. The van der Waals surface area contributed by atoms with E-state index in [9.17, 15) is 9.59 Å². The van der Waals surface area contributed by atoms with E-state index in [1.165, 1.54) is 0 Å². The fourth-order valence-corrected chi connectivity index (χ4v) is 4.39. The molecular formula is C24H24N4O2. The molecular weight excluding hydrogens is 376 g/mol. The van der Waals surface area contributed by atoms with E-state index in [1.807, 2.05) is 64.4 Å². The molecule has 6 nitrogen and oxygen atoms in total. The molecule has 2 aromatic carbocycles. The van der Waals surface area contributed by atoms with Gasteiger partial charge in [-0.05, 0) is 55.2 Å². The molecule has 2 amide bonds. The SMILES string of the molecule is O=C1CCCN1c1ccc(/C=C/C(=O)N2CCC[C@@H]2c2nc3ccccc3[nH]2)cc1. The number of para-hydroxylation sites is 2. The first-order valence-electron chi connectivity index (χ1n) is 10.5. The number of nitrogens with zero attached hydrogens (tertiary/aromatic N) is 3. The number of rotatable bonds is 4. The molecule has 2 saturated heterocycles. The van der Waals surface area contributed by atoms with E-state index < -0.39 is 0 Å². The normalized spacial score (nSPS) is 19.5. The Morgan fingerprint density at radius 2 is 1.90 bits per heavy atom. The Morgan fingerprint density at radius 3 is 2.67 bits per heavy atom. The molecule has 2 fully saturated rings. The van der Waals surface area contributed by atoms with Crippen molar-refractivity contribution in [3.05, 3.63) is 66.0 Å². The second-order valence-electron chi connectivity index (χ2n) is 7.90. The maximum atomic E-state index is 12.9. The minimum Gasteiger partial charge on any atom is -0.340 e. The molecule has 152 valence electrons. The number of hydrogen-bond donors (Lipinski definition) is 1. The number of amides is 2. The summed E-state index contributed by atoms with van der Waals surface area (Å²) in [7, 11) is 0. The summed E-state index contributed by atoms with van der Waals surface area (Å²) in [5.41, 5.74) is 3.79. The van der Waals surface area contributed by atoms with Crippen LogP contribution in [-0.4, -0.2) is 39.8 Å². The van der Waals surface area contributed by atoms with Gasteiger partial charge in [0.25, 0.3) is 0 Å². The van der Waals surface area contributed by atoms with Gasteiger partial charge in [-0.3, -0.25) is 9.59 Å². The molecule has 0 bridgehead atoms. The van der Waals surface area contributed by atoms with Crippen LogP contribution in [0.5, 0.6) is 0 Å². The number of carbonyl (C=O) groups excluding carboxylic acids is 2. The van der Waals surface area contributed by atoms with Gasteiger partial charge in [-0.1, -0.05) is 24.3 Å². The molecule has 30 heavy (non-hydrogen) atoms. The number of H-pyrrole nitrogens is 1. The summed E-state index contributed by atoms with van der Waals surface area (Å²) in [5.74, 6) is 1.03. The van der Waals surface area contributed by atoms with Gasteiger partial charge in [0.15, 0.2) is 0 Å². The van der Waals surface area contributed by atoms with Gasteiger partial charge in [-0.25, -0.2) is 4.98 Å². The standard InChI is InChI=1S/C24H24N4O2/c29-22-8-4-15-27(22)18-12-9-17(10-13-18)11-14-23(30)28-16-3-7-21(28)24-25-19-5-1-2-6-20(19)26-24/h1-2,5-6,9-14,21H,3-4,7-8,15-16H2,(H,25,26)/b14-11+/t21-/m1/s1. The number of benzene rings is 2. The number of anilines is 1. The topological polar surface area (TPSA) is 69.3 Å². The van der Waals surface area contributed by atoms with Crippen LogP contribution < -0.4 is 4.90 Å². The van der Waals surface area contributed by atoms with Crippen LogP contribution in [-0.2, 0) is 9.59 Å².